The van der Waals surface area contributed by atoms with E-state index in [0.29, 0.717) is 12.0 Å². The zero-order chi connectivity index (χ0) is 10.3. The molecule has 0 aromatic heterocycles. The minimum atomic E-state index is -0.133. The SMILES string of the molecule is CCCOC(=O)SCCC(C)(C)C. The van der Waals surface area contributed by atoms with Gasteiger partial charge in [0.2, 0.25) is 0 Å². The highest BCUT2D eigenvalue weighted by Crippen LogP contribution is 2.21. The average Bonchev–Trinajstić information content (AvgIpc) is 1.98. The molecular formula is C10H20O2S. The lowest BCUT2D eigenvalue weighted by Crippen LogP contribution is -2.07. The molecule has 0 aromatic carbocycles. The second-order valence-corrected chi connectivity index (χ2v) is 5.29. The van der Waals surface area contributed by atoms with Crippen molar-refractivity contribution >= 4 is 17.1 Å². The molecular weight excluding hydrogens is 184 g/mol. The van der Waals surface area contributed by atoms with Crippen LogP contribution in [0, 0.1) is 5.41 Å². The zero-order valence-electron chi connectivity index (χ0n) is 9.05. The molecule has 0 saturated carbocycles. The van der Waals surface area contributed by atoms with Crippen molar-refractivity contribution in [1.29, 1.82) is 0 Å². The third-order valence-corrected chi connectivity index (χ3v) is 2.26. The average molecular weight is 204 g/mol. The van der Waals surface area contributed by atoms with Crippen molar-refractivity contribution in [2.75, 3.05) is 12.4 Å². The van der Waals surface area contributed by atoms with Gasteiger partial charge in [0.05, 0.1) is 6.61 Å². The van der Waals surface area contributed by atoms with Crippen LogP contribution in [-0.2, 0) is 4.74 Å². The Kier molecular flexibility index (Phi) is 6.21. The first-order chi connectivity index (χ1) is 5.95. The third-order valence-electron chi connectivity index (χ3n) is 1.50. The van der Waals surface area contributed by atoms with E-state index >= 15 is 0 Å². The summed E-state index contributed by atoms with van der Waals surface area (Å²) in [6.45, 7) is 9.05. The molecule has 0 aliphatic carbocycles. The molecule has 0 aromatic rings. The summed E-state index contributed by atoms with van der Waals surface area (Å²) in [7, 11) is 0. The summed E-state index contributed by atoms with van der Waals surface area (Å²) in [5, 5.41) is -0.133. The number of rotatable bonds is 4. The first-order valence-electron chi connectivity index (χ1n) is 4.75. The van der Waals surface area contributed by atoms with Crippen LogP contribution < -0.4 is 0 Å². The van der Waals surface area contributed by atoms with E-state index in [4.69, 9.17) is 4.74 Å². The number of hydrogen-bond acceptors (Lipinski definition) is 3. The number of thioether (sulfide) groups is 1. The van der Waals surface area contributed by atoms with E-state index in [0.717, 1.165) is 18.6 Å². The maximum atomic E-state index is 11.0. The number of ether oxygens (including phenoxy) is 1. The fraction of sp³-hybridized carbons (Fsp3) is 0.900. The van der Waals surface area contributed by atoms with Crippen molar-refractivity contribution in [1.82, 2.24) is 0 Å². The second kappa shape index (κ2) is 6.30. The van der Waals surface area contributed by atoms with E-state index in [1.807, 2.05) is 6.92 Å². The molecule has 0 rings (SSSR count). The molecule has 0 amide bonds. The van der Waals surface area contributed by atoms with Crippen LogP contribution in [0.1, 0.15) is 40.5 Å². The Morgan fingerprint density at radius 1 is 1.38 bits per heavy atom. The molecule has 0 fully saturated rings. The van der Waals surface area contributed by atoms with Gasteiger partial charge in [-0.1, -0.05) is 27.7 Å². The van der Waals surface area contributed by atoms with Gasteiger partial charge in [0.25, 0.3) is 0 Å². The van der Waals surface area contributed by atoms with Gasteiger partial charge in [-0.2, -0.15) is 0 Å². The molecule has 0 saturated heterocycles. The molecule has 0 spiro atoms. The second-order valence-electron chi connectivity index (χ2n) is 4.26. The summed E-state index contributed by atoms with van der Waals surface area (Å²) < 4.78 is 4.93. The first-order valence-corrected chi connectivity index (χ1v) is 5.74. The summed E-state index contributed by atoms with van der Waals surface area (Å²) in [4.78, 5) is 11.0. The molecule has 3 heteroatoms. The number of hydrogen-bond donors (Lipinski definition) is 0. The van der Waals surface area contributed by atoms with Crippen LogP contribution in [0.15, 0.2) is 0 Å². The Bertz CT molecular complexity index is 149. The fourth-order valence-corrected chi connectivity index (χ4v) is 1.72. The predicted molar refractivity (Wildman–Crippen MR) is 58.2 cm³/mol. The molecule has 0 atom stereocenters. The van der Waals surface area contributed by atoms with Gasteiger partial charge >= 0.3 is 5.30 Å². The molecule has 0 aliphatic heterocycles. The quantitative estimate of drug-likeness (QED) is 0.653. The van der Waals surface area contributed by atoms with E-state index in [1.165, 1.54) is 11.8 Å². The van der Waals surface area contributed by atoms with Crippen molar-refractivity contribution < 1.29 is 9.53 Å². The van der Waals surface area contributed by atoms with Crippen LogP contribution in [0.2, 0.25) is 0 Å². The largest absolute Gasteiger partial charge is 0.458 e. The van der Waals surface area contributed by atoms with E-state index in [2.05, 4.69) is 20.8 Å². The molecule has 0 N–H and O–H groups in total. The Morgan fingerprint density at radius 3 is 2.46 bits per heavy atom. The number of carbonyl (C=O) groups excluding carboxylic acids is 1. The summed E-state index contributed by atoms with van der Waals surface area (Å²) >= 11 is 1.28. The topological polar surface area (TPSA) is 26.3 Å². The molecule has 0 radical (unpaired) electrons. The van der Waals surface area contributed by atoms with Crippen molar-refractivity contribution in [2.45, 2.75) is 40.5 Å². The van der Waals surface area contributed by atoms with E-state index in [1.54, 1.807) is 0 Å². The lowest BCUT2D eigenvalue weighted by Gasteiger charge is -2.16. The summed E-state index contributed by atoms with van der Waals surface area (Å²) in [5.41, 5.74) is 0.304. The van der Waals surface area contributed by atoms with Crippen molar-refractivity contribution in [2.24, 2.45) is 5.41 Å². The molecule has 2 nitrogen and oxygen atoms in total. The molecule has 0 unspecified atom stereocenters. The summed E-state index contributed by atoms with van der Waals surface area (Å²) in [5.74, 6) is 0.853. The van der Waals surface area contributed by atoms with Gasteiger partial charge in [-0.3, -0.25) is 0 Å². The molecule has 78 valence electrons. The highest BCUT2D eigenvalue weighted by Gasteiger charge is 2.11. The standard InChI is InChI=1S/C10H20O2S/c1-5-7-12-9(11)13-8-6-10(2,3)4/h5-8H2,1-4H3. The maximum absolute atomic E-state index is 11.0. The Morgan fingerprint density at radius 2 is 2.00 bits per heavy atom. The van der Waals surface area contributed by atoms with Gasteiger partial charge in [-0.15, -0.1) is 0 Å². The van der Waals surface area contributed by atoms with E-state index in [-0.39, 0.29) is 5.30 Å². The van der Waals surface area contributed by atoms with E-state index in [9.17, 15) is 4.79 Å². The lowest BCUT2D eigenvalue weighted by atomic mass is 9.94. The van der Waals surface area contributed by atoms with Crippen LogP contribution in [0.4, 0.5) is 4.79 Å². The Balaban J connectivity index is 3.37. The van der Waals surface area contributed by atoms with Gasteiger partial charge < -0.3 is 4.74 Å². The van der Waals surface area contributed by atoms with Gasteiger partial charge in [-0.25, -0.2) is 4.79 Å². The van der Waals surface area contributed by atoms with Crippen LogP contribution in [0.3, 0.4) is 0 Å². The van der Waals surface area contributed by atoms with E-state index < -0.39 is 0 Å². The van der Waals surface area contributed by atoms with Crippen molar-refractivity contribution in [3.63, 3.8) is 0 Å². The third kappa shape index (κ3) is 9.74. The smallest absolute Gasteiger partial charge is 0.367 e. The Labute approximate surface area is 85.4 Å². The van der Waals surface area contributed by atoms with Gasteiger partial charge in [0.1, 0.15) is 0 Å². The van der Waals surface area contributed by atoms with Crippen LogP contribution in [0.25, 0.3) is 0 Å². The summed E-state index contributed by atoms with van der Waals surface area (Å²) in [6, 6.07) is 0. The predicted octanol–water partition coefficient (Wildman–Crippen LogP) is 3.70. The lowest BCUT2D eigenvalue weighted by molar-refractivity contribution is 0.175. The fourth-order valence-electron chi connectivity index (χ4n) is 0.668. The van der Waals surface area contributed by atoms with Crippen LogP contribution in [-0.4, -0.2) is 17.7 Å². The molecule has 0 aliphatic rings. The van der Waals surface area contributed by atoms with Crippen molar-refractivity contribution in [3.05, 3.63) is 0 Å². The normalized spacial score (nSPS) is 11.4. The van der Waals surface area contributed by atoms with Crippen LogP contribution >= 0.6 is 11.8 Å². The Hall–Kier alpha value is -0.180. The molecule has 13 heavy (non-hydrogen) atoms. The maximum Gasteiger partial charge on any atom is 0.367 e. The van der Waals surface area contributed by atoms with Gasteiger partial charge in [-0.05, 0) is 30.0 Å². The molecule has 0 bridgehead atoms. The minimum Gasteiger partial charge on any atom is -0.458 e. The van der Waals surface area contributed by atoms with Gasteiger partial charge in [0.15, 0.2) is 0 Å². The van der Waals surface area contributed by atoms with Crippen molar-refractivity contribution in [3.8, 4) is 0 Å². The zero-order valence-corrected chi connectivity index (χ0v) is 9.87. The monoisotopic (exact) mass is 204 g/mol. The highest BCUT2D eigenvalue weighted by atomic mass is 32.2. The van der Waals surface area contributed by atoms with Crippen LogP contribution in [0.5, 0.6) is 0 Å². The first kappa shape index (κ1) is 12.8. The van der Waals surface area contributed by atoms with Gasteiger partial charge in [0, 0.05) is 5.75 Å². The number of carbonyl (C=O) groups is 1. The highest BCUT2D eigenvalue weighted by molar-refractivity contribution is 8.13. The summed E-state index contributed by atoms with van der Waals surface area (Å²) in [6.07, 6.45) is 1.93. The molecule has 0 heterocycles. The minimum absolute atomic E-state index is 0.133.